The molecule has 0 saturated carbocycles. The van der Waals surface area contributed by atoms with Gasteiger partial charge in [0.1, 0.15) is 11.1 Å². The Morgan fingerprint density at radius 3 is 2.50 bits per heavy atom. The van der Waals surface area contributed by atoms with Crippen molar-refractivity contribution >= 4 is 22.8 Å². The van der Waals surface area contributed by atoms with Gasteiger partial charge in [-0.3, -0.25) is 4.79 Å². The molecule has 0 N–H and O–H groups in total. The van der Waals surface area contributed by atoms with E-state index in [0.717, 1.165) is 5.56 Å². The monoisotopic (exact) mass is 351 g/mol. The third-order valence-corrected chi connectivity index (χ3v) is 3.88. The number of hydrogen-bond donors (Lipinski definition) is 0. The second-order valence-corrected chi connectivity index (χ2v) is 5.80. The number of fused-ring (bicyclic) bond motifs is 1. The number of carbonyl (C=O) groups excluding carboxylic acids is 2. The number of amides is 1. The Morgan fingerprint density at radius 2 is 1.73 bits per heavy atom. The van der Waals surface area contributed by atoms with E-state index in [1.54, 1.807) is 31.3 Å². The first kappa shape index (κ1) is 17.4. The first-order valence-electron chi connectivity index (χ1n) is 8.02. The van der Waals surface area contributed by atoms with Crippen LogP contribution in [0.15, 0.2) is 69.9 Å². The topological polar surface area (TPSA) is 76.8 Å². The number of esters is 1. The van der Waals surface area contributed by atoms with Crippen LogP contribution in [0.25, 0.3) is 11.0 Å². The van der Waals surface area contributed by atoms with Gasteiger partial charge in [0.2, 0.25) is 0 Å². The van der Waals surface area contributed by atoms with Gasteiger partial charge in [0.15, 0.2) is 6.61 Å². The lowest BCUT2D eigenvalue weighted by atomic mass is 10.2. The van der Waals surface area contributed by atoms with Gasteiger partial charge in [-0.05, 0) is 17.7 Å². The first-order valence-corrected chi connectivity index (χ1v) is 8.02. The van der Waals surface area contributed by atoms with Gasteiger partial charge in [-0.15, -0.1) is 0 Å². The maximum absolute atomic E-state index is 12.1. The minimum absolute atomic E-state index is 0.234. The van der Waals surface area contributed by atoms with Crippen molar-refractivity contribution < 1.29 is 18.7 Å². The second-order valence-electron chi connectivity index (χ2n) is 5.80. The summed E-state index contributed by atoms with van der Waals surface area (Å²) in [4.78, 5) is 37.7. The minimum atomic E-state index is -0.883. The summed E-state index contributed by atoms with van der Waals surface area (Å²) < 4.78 is 10.1. The van der Waals surface area contributed by atoms with Gasteiger partial charge < -0.3 is 14.1 Å². The Kier molecular flexibility index (Phi) is 5.12. The largest absolute Gasteiger partial charge is 0.452 e. The Morgan fingerprint density at radius 1 is 1.04 bits per heavy atom. The summed E-state index contributed by atoms with van der Waals surface area (Å²) in [6, 6.07) is 17.7. The van der Waals surface area contributed by atoms with Crippen LogP contribution in [-0.4, -0.2) is 30.4 Å². The maximum Gasteiger partial charge on any atom is 0.351 e. The number of para-hydroxylation sites is 1. The Balaban J connectivity index is 1.64. The summed E-state index contributed by atoms with van der Waals surface area (Å²) in [7, 11) is 1.62. The van der Waals surface area contributed by atoms with E-state index in [9.17, 15) is 14.4 Å². The number of benzene rings is 2. The number of nitrogens with zero attached hydrogens (tertiary/aromatic N) is 1. The third kappa shape index (κ3) is 3.97. The molecule has 0 bridgehead atoms. The normalized spacial score (nSPS) is 10.5. The highest BCUT2D eigenvalue weighted by atomic mass is 16.5. The molecular formula is C20H17NO5. The van der Waals surface area contributed by atoms with Crippen LogP contribution in [0.4, 0.5) is 0 Å². The van der Waals surface area contributed by atoms with Crippen molar-refractivity contribution in [2.24, 2.45) is 0 Å². The van der Waals surface area contributed by atoms with Gasteiger partial charge >= 0.3 is 11.6 Å². The van der Waals surface area contributed by atoms with Crippen LogP contribution in [0.3, 0.4) is 0 Å². The highest BCUT2D eigenvalue weighted by Crippen LogP contribution is 2.13. The quantitative estimate of drug-likeness (QED) is 0.522. The van der Waals surface area contributed by atoms with E-state index in [4.69, 9.17) is 9.15 Å². The van der Waals surface area contributed by atoms with E-state index in [1.807, 2.05) is 30.3 Å². The molecule has 2 aromatic carbocycles. The number of rotatable bonds is 5. The minimum Gasteiger partial charge on any atom is -0.452 e. The predicted octanol–water partition coefficient (Wildman–Crippen LogP) is 2.61. The molecule has 6 heteroatoms. The zero-order chi connectivity index (χ0) is 18.5. The molecule has 1 aromatic heterocycles. The molecule has 0 unspecified atom stereocenters. The van der Waals surface area contributed by atoms with Crippen molar-refractivity contribution in [3.05, 3.63) is 82.2 Å². The van der Waals surface area contributed by atoms with Crippen LogP contribution < -0.4 is 5.63 Å². The molecule has 0 spiro atoms. The summed E-state index contributed by atoms with van der Waals surface area (Å²) in [5, 5.41) is 0.603. The highest BCUT2D eigenvalue weighted by molar-refractivity contribution is 5.94. The van der Waals surface area contributed by atoms with Crippen molar-refractivity contribution in [1.29, 1.82) is 0 Å². The summed E-state index contributed by atoms with van der Waals surface area (Å²) in [5.41, 5.74) is 0.318. The molecular weight excluding hydrogens is 334 g/mol. The SMILES string of the molecule is CN(Cc1ccccc1)C(=O)COC(=O)c1cc2ccccc2oc1=O. The molecule has 1 heterocycles. The van der Waals surface area contributed by atoms with Gasteiger partial charge in [-0.2, -0.15) is 0 Å². The molecule has 0 radical (unpaired) electrons. The zero-order valence-corrected chi connectivity index (χ0v) is 14.2. The molecule has 1 amide bonds. The van der Waals surface area contributed by atoms with Gasteiger partial charge in [-0.25, -0.2) is 9.59 Å². The predicted molar refractivity (Wildman–Crippen MR) is 95.7 cm³/mol. The van der Waals surface area contributed by atoms with Gasteiger partial charge in [0.25, 0.3) is 5.91 Å². The Labute approximate surface area is 149 Å². The molecule has 0 atom stereocenters. The van der Waals surface area contributed by atoms with Crippen molar-refractivity contribution in [2.75, 3.05) is 13.7 Å². The highest BCUT2D eigenvalue weighted by Gasteiger charge is 2.18. The molecule has 132 valence electrons. The number of ether oxygens (including phenoxy) is 1. The summed E-state index contributed by atoms with van der Waals surface area (Å²) >= 11 is 0. The number of carbonyl (C=O) groups is 2. The van der Waals surface area contributed by atoms with Crippen molar-refractivity contribution in [3.63, 3.8) is 0 Å². The molecule has 0 saturated heterocycles. The number of hydrogen-bond acceptors (Lipinski definition) is 5. The number of likely N-dealkylation sites (N-methyl/N-ethyl adjacent to an activating group) is 1. The summed E-state index contributed by atoms with van der Waals surface area (Å²) in [5.74, 6) is -1.25. The van der Waals surface area contributed by atoms with E-state index >= 15 is 0 Å². The lowest BCUT2D eigenvalue weighted by Gasteiger charge is -2.17. The molecule has 0 aliphatic carbocycles. The molecule has 0 aliphatic heterocycles. The van der Waals surface area contributed by atoms with Crippen molar-refractivity contribution in [3.8, 4) is 0 Å². The Hall–Kier alpha value is -3.41. The average Bonchev–Trinajstić information content (AvgIpc) is 2.66. The molecule has 26 heavy (non-hydrogen) atoms. The summed E-state index contributed by atoms with van der Waals surface area (Å²) in [6.07, 6.45) is 0. The second kappa shape index (κ2) is 7.65. The van der Waals surface area contributed by atoms with E-state index in [2.05, 4.69) is 0 Å². The van der Waals surface area contributed by atoms with Crippen LogP contribution >= 0.6 is 0 Å². The molecule has 3 rings (SSSR count). The summed E-state index contributed by atoms with van der Waals surface area (Å²) in [6.45, 7) is -0.0518. The van der Waals surface area contributed by atoms with E-state index in [1.165, 1.54) is 11.0 Å². The lowest BCUT2D eigenvalue weighted by Crippen LogP contribution is -2.31. The van der Waals surface area contributed by atoms with E-state index < -0.39 is 18.2 Å². The molecule has 0 aliphatic rings. The maximum atomic E-state index is 12.1. The van der Waals surface area contributed by atoms with Crippen LogP contribution in [0.1, 0.15) is 15.9 Å². The van der Waals surface area contributed by atoms with Crippen LogP contribution in [-0.2, 0) is 16.1 Å². The van der Waals surface area contributed by atoms with Crippen LogP contribution in [0.2, 0.25) is 0 Å². The molecule has 3 aromatic rings. The smallest absolute Gasteiger partial charge is 0.351 e. The molecule has 6 nitrogen and oxygen atoms in total. The van der Waals surface area contributed by atoms with Crippen LogP contribution in [0.5, 0.6) is 0 Å². The van der Waals surface area contributed by atoms with Gasteiger partial charge in [0.05, 0.1) is 0 Å². The van der Waals surface area contributed by atoms with Crippen molar-refractivity contribution in [1.82, 2.24) is 4.90 Å². The lowest BCUT2D eigenvalue weighted by molar-refractivity contribution is -0.133. The first-order chi connectivity index (χ1) is 12.5. The van der Waals surface area contributed by atoms with Crippen LogP contribution in [0, 0.1) is 0 Å². The average molecular weight is 351 g/mol. The standard InChI is InChI=1S/C20H17NO5/c1-21(12-14-7-3-2-4-8-14)18(22)13-25-19(23)16-11-15-9-5-6-10-17(15)26-20(16)24/h2-11H,12-13H2,1H3. The fourth-order valence-electron chi connectivity index (χ4n) is 2.46. The van der Waals surface area contributed by atoms with E-state index in [0.29, 0.717) is 17.5 Å². The Bertz CT molecular complexity index is 994. The fraction of sp³-hybridized carbons (Fsp3) is 0.150. The van der Waals surface area contributed by atoms with E-state index in [-0.39, 0.29) is 11.5 Å². The fourth-order valence-corrected chi connectivity index (χ4v) is 2.46. The van der Waals surface area contributed by atoms with Gasteiger partial charge in [-0.1, -0.05) is 48.5 Å². The van der Waals surface area contributed by atoms with Crippen molar-refractivity contribution in [2.45, 2.75) is 6.54 Å². The zero-order valence-electron chi connectivity index (χ0n) is 14.2. The third-order valence-electron chi connectivity index (χ3n) is 3.88. The molecule has 0 fully saturated rings. The van der Waals surface area contributed by atoms with Gasteiger partial charge in [0, 0.05) is 19.0 Å².